The second-order valence-corrected chi connectivity index (χ2v) is 8.48. The number of ether oxygens (including phenoxy) is 1. The van der Waals surface area contributed by atoms with Crippen molar-refractivity contribution in [3.05, 3.63) is 89.7 Å². The van der Waals surface area contributed by atoms with E-state index in [0.717, 1.165) is 30.4 Å². The van der Waals surface area contributed by atoms with Crippen molar-refractivity contribution in [3.63, 3.8) is 0 Å². The summed E-state index contributed by atoms with van der Waals surface area (Å²) in [6, 6.07) is 20.0. The van der Waals surface area contributed by atoms with Crippen LogP contribution in [0.1, 0.15) is 18.4 Å². The fourth-order valence-corrected chi connectivity index (χ4v) is 3.71. The van der Waals surface area contributed by atoms with Crippen molar-refractivity contribution in [1.29, 1.82) is 0 Å². The van der Waals surface area contributed by atoms with Crippen LogP contribution in [0.25, 0.3) is 17.1 Å². The highest BCUT2D eigenvalue weighted by Crippen LogP contribution is 2.24. The monoisotopic (exact) mass is 529 g/mol. The van der Waals surface area contributed by atoms with E-state index >= 15 is 0 Å². The van der Waals surface area contributed by atoms with Crippen LogP contribution in [-0.2, 0) is 6.42 Å². The molecule has 0 aliphatic carbocycles. The van der Waals surface area contributed by atoms with Crippen molar-refractivity contribution < 1.29 is 22.7 Å². The number of carbonyl (C=O) groups is 1. The molecule has 0 aliphatic heterocycles. The van der Waals surface area contributed by atoms with Crippen molar-refractivity contribution in [2.75, 3.05) is 11.9 Å². The van der Waals surface area contributed by atoms with Gasteiger partial charge in [0.1, 0.15) is 12.1 Å². The number of amides is 2. The Balaban J connectivity index is 1.22. The zero-order valence-electron chi connectivity index (χ0n) is 19.5. The van der Waals surface area contributed by atoms with Gasteiger partial charge in [-0.25, -0.2) is 14.5 Å². The number of rotatable bonds is 9. The molecule has 4 aromatic rings. The molecule has 1 heterocycles. The van der Waals surface area contributed by atoms with Gasteiger partial charge in [-0.05, 0) is 61.2 Å². The summed E-state index contributed by atoms with van der Waals surface area (Å²) in [5.41, 5.74) is 3.08. The topological polar surface area (TPSA) is 81.1 Å². The number of aryl methyl sites for hydroxylation is 1. The second kappa shape index (κ2) is 11.8. The lowest BCUT2D eigenvalue weighted by atomic mass is 10.1. The van der Waals surface area contributed by atoms with E-state index in [1.54, 1.807) is 24.3 Å². The molecule has 2 amide bonds. The van der Waals surface area contributed by atoms with E-state index in [1.807, 2.05) is 24.3 Å². The number of halogens is 4. The van der Waals surface area contributed by atoms with E-state index in [1.165, 1.54) is 35.3 Å². The number of para-hydroxylation sites is 1. The molecule has 192 valence electrons. The number of hydrogen-bond acceptors (Lipinski definition) is 4. The first kappa shape index (κ1) is 26.0. The molecule has 0 fully saturated rings. The number of carbonyl (C=O) groups excluding carboxylic acids is 1. The quantitative estimate of drug-likeness (QED) is 0.238. The zero-order chi connectivity index (χ0) is 26.3. The van der Waals surface area contributed by atoms with Crippen LogP contribution in [0.5, 0.6) is 5.75 Å². The number of benzene rings is 3. The number of urea groups is 1. The Bertz CT molecular complexity index is 1330. The van der Waals surface area contributed by atoms with Gasteiger partial charge in [-0.3, -0.25) is 0 Å². The maximum atomic E-state index is 12.3. The fourth-order valence-electron chi connectivity index (χ4n) is 3.53. The van der Waals surface area contributed by atoms with E-state index in [9.17, 15) is 18.0 Å². The van der Waals surface area contributed by atoms with Crippen molar-refractivity contribution in [2.24, 2.45) is 0 Å². The van der Waals surface area contributed by atoms with E-state index in [2.05, 4.69) is 25.5 Å². The molecular formula is C26H23ClF3N5O2. The lowest BCUT2D eigenvalue weighted by molar-refractivity contribution is -0.274. The summed E-state index contributed by atoms with van der Waals surface area (Å²) in [6.07, 6.45) is -0.678. The Morgan fingerprint density at radius 2 is 1.70 bits per heavy atom. The second-order valence-electron chi connectivity index (χ2n) is 8.07. The van der Waals surface area contributed by atoms with Crippen molar-refractivity contribution in [3.8, 4) is 22.8 Å². The largest absolute Gasteiger partial charge is 0.573 e. The summed E-state index contributed by atoms with van der Waals surface area (Å²) in [5.74, 6) is 0.194. The van der Waals surface area contributed by atoms with Gasteiger partial charge in [0.2, 0.25) is 0 Å². The number of unbranched alkanes of at least 4 members (excludes halogenated alkanes) is 1. The molecule has 0 saturated heterocycles. The number of aromatic nitrogens is 3. The zero-order valence-corrected chi connectivity index (χ0v) is 20.3. The SMILES string of the molecule is O=C(NCCCCc1ccc(-c2ncn(-c3ccc(OC(F)(F)F)cc3)n2)cc1)Nc1ccccc1Cl. The third-order valence-corrected chi connectivity index (χ3v) is 5.67. The summed E-state index contributed by atoms with van der Waals surface area (Å²) < 4.78 is 42.3. The van der Waals surface area contributed by atoms with Crippen LogP contribution < -0.4 is 15.4 Å². The van der Waals surface area contributed by atoms with Gasteiger partial charge in [-0.15, -0.1) is 18.3 Å². The van der Waals surface area contributed by atoms with Gasteiger partial charge in [0, 0.05) is 12.1 Å². The molecule has 1 aromatic heterocycles. The lowest BCUT2D eigenvalue weighted by Crippen LogP contribution is -2.29. The Labute approximate surface area is 216 Å². The van der Waals surface area contributed by atoms with Crippen molar-refractivity contribution >= 4 is 23.3 Å². The van der Waals surface area contributed by atoms with Crippen LogP contribution in [0.15, 0.2) is 79.1 Å². The first-order chi connectivity index (χ1) is 17.8. The molecule has 4 rings (SSSR count). The highest BCUT2D eigenvalue weighted by Gasteiger charge is 2.31. The van der Waals surface area contributed by atoms with Crippen LogP contribution in [0.4, 0.5) is 23.7 Å². The maximum absolute atomic E-state index is 12.3. The first-order valence-electron chi connectivity index (χ1n) is 11.4. The van der Waals surface area contributed by atoms with Gasteiger partial charge in [-0.1, -0.05) is 48.0 Å². The molecule has 7 nitrogen and oxygen atoms in total. The Morgan fingerprint density at radius 1 is 0.973 bits per heavy atom. The minimum absolute atomic E-state index is 0.296. The smallest absolute Gasteiger partial charge is 0.406 e. The average molecular weight is 530 g/mol. The Hall–Kier alpha value is -4.05. The van der Waals surface area contributed by atoms with Gasteiger partial charge in [-0.2, -0.15) is 0 Å². The van der Waals surface area contributed by atoms with Crippen LogP contribution in [0.3, 0.4) is 0 Å². The summed E-state index contributed by atoms with van der Waals surface area (Å²) in [7, 11) is 0. The van der Waals surface area contributed by atoms with E-state index in [-0.39, 0.29) is 11.8 Å². The van der Waals surface area contributed by atoms with Crippen LogP contribution in [0, 0.1) is 0 Å². The third-order valence-electron chi connectivity index (χ3n) is 5.34. The number of anilines is 1. The molecule has 0 saturated carbocycles. The Kier molecular flexibility index (Phi) is 8.29. The molecule has 0 atom stereocenters. The third kappa shape index (κ3) is 7.71. The number of alkyl halides is 3. The molecule has 0 spiro atoms. The Morgan fingerprint density at radius 3 is 2.41 bits per heavy atom. The van der Waals surface area contributed by atoms with Gasteiger partial charge >= 0.3 is 12.4 Å². The summed E-state index contributed by atoms with van der Waals surface area (Å²) in [5, 5.41) is 10.4. The maximum Gasteiger partial charge on any atom is 0.573 e. The van der Waals surface area contributed by atoms with Crippen LogP contribution >= 0.6 is 11.6 Å². The number of nitrogens with zero attached hydrogens (tertiary/aromatic N) is 3. The summed E-state index contributed by atoms with van der Waals surface area (Å²) in [4.78, 5) is 16.3. The predicted octanol–water partition coefficient (Wildman–Crippen LogP) is 6.63. The van der Waals surface area contributed by atoms with Gasteiger partial charge in [0.25, 0.3) is 0 Å². The van der Waals surface area contributed by atoms with Crippen LogP contribution in [0.2, 0.25) is 5.02 Å². The standard InChI is InChI=1S/C26H23ClF3N5O2/c27-22-6-1-2-7-23(22)33-25(36)31-16-4-3-5-18-8-10-19(11-9-18)24-32-17-35(34-24)20-12-14-21(15-13-20)37-26(28,29)30/h1-2,6-15,17H,3-5,16H2,(H2,31,33,36). The molecule has 37 heavy (non-hydrogen) atoms. The number of nitrogens with one attached hydrogen (secondary N) is 2. The fraction of sp³-hybridized carbons (Fsp3) is 0.192. The van der Waals surface area contributed by atoms with Crippen molar-refractivity contribution in [2.45, 2.75) is 25.6 Å². The number of hydrogen-bond donors (Lipinski definition) is 2. The molecule has 0 unspecified atom stereocenters. The first-order valence-corrected chi connectivity index (χ1v) is 11.8. The molecule has 0 radical (unpaired) electrons. The summed E-state index contributed by atoms with van der Waals surface area (Å²) >= 11 is 6.04. The minimum atomic E-state index is -4.74. The molecule has 3 aromatic carbocycles. The minimum Gasteiger partial charge on any atom is -0.406 e. The lowest BCUT2D eigenvalue weighted by Gasteiger charge is -2.09. The molecule has 2 N–H and O–H groups in total. The summed E-state index contributed by atoms with van der Waals surface area (Å²) in [6.45, 7) is 0.541. The normalized spacial score (nSPS) is 11.2. The van der Waals surface area contributed by atoms with Crippen LogP contribution in [-0.4, -0.2) is 33.7 Å². The molecule has 0 aliphatic rings. The highest BCUT2D eigenvalue weighted by molar-refractivity contribution is 6.33. The van der Waals surface area contributed by atoms with Gasteiger partial charge in [0.05, 0.1) is 16.4 Å². The predicted molar refractivity (Wildman–Crippen MR) is 135 cm³/mol. The van der Waals surface area contributed by atoms with Crippen molar-refractivity contribution in [1.82, 2.24) is 20.1 Å². The molecule has 11 heteroatoms. The van der Waals surface area contributed by atoms with Gasteiger partial charge < -0.3 is 15.4 Å². The van der Waals surface area contributed by atoms with Gasteiger partial charge in [0.15, 0.2) is 5.82 Å². The highest BCUT2D eigenvalue weighted by atomic mass is 35.5. The van der Waals surface area contributed by atoms with E-state index < -0.39 is 6.36 Å². The average Bonchev–Trinajstić information content (AvgIpc) is 3.35. The van der Waals surface area contributed by atoms with E-state index in [0.29, 0.717) is 28.8 Å². The van der Waals surface area contributed by atoms with E-state index in [4.69, 9.17) is 11.6 Å². The molecular weight excluding hydrogens is 507 g/mol. The molecule has 0 bridgehead atoms.